The van der Waals surface area contributed by atoms with Crippen molar-refractivity contribution < 1.29 is 9.47 Å². The fraction of sp³-hybridized carbons (Fsp3) is 0.391. The predicted molar refractivity (Wildman–Crippen MR) is 114 cm³/mol. The largest absolute Gasteiger partial charge is 0.495 e. The zero-order chi connectivity index (χ0) is 21.3. The summed E-state index contributed by atoms with van der Waals surface area (Å²) >= 11 is 0. The molecule has 7 heteroatoms. The van der Waals surface area contributed by atoms with Crippen LogP contribution in [0.3, 0.4) is 0 Å². The van der Waals surface area contributed by atoms with Crippen LogP contribution in [0.15, 0.2) is 41.5 Å². The molecule has 0 amide bonds. The lowest BCUT2D eigenvalue weighted by molar-refractivity contribution is 0.285. The maximum absolute atomic E-state index is 12.1. The minimum absolute atomic E-state index is 0.0120. The Labute approximate surface area is 175 Å². The number of methoxy groups -OCH3 is 1. The summed E-state index contributed by atoms with van der Waals surface area (Å²) in [4.78, 5) is 25.5. The molecule has 1 fully saturated rings. The summed E-state index contributed by atoms with van der Waals surface area (Å²) in [7, 11) is 1.64. The van der Waals surface area contributed by atoms with Crippen LogP contribution >= 0.6 is 0 Å². The third-order valence-corrected chi connectivity index (χ3v) is 5.67. The maximum Gasteiger partial charge on any atom is 0.250 e. The van der Waals surface area contributed by atoms with E-state index in [4.69, 9.17) is 9.47 Å². The summed E-state index contributed by atoms with van der Waals surface area (Å²) in [6.45, 7) is 6.92. The van der Waals surface area contributed by atoms with Crippen LogP contribution in [0.5, 0.6) is 11.6 Å². The fourth-order valence-corrected chi connectivity index (χ4v) is 3.81. The smallest absolute Gasteiger partial charge is 0.250 e. The highest BCUT2D eigenvalue weighted by Gasteiger charge is 2.40. The van der Waals surface area contributed by atoms with Gasteiger partial charge in [0.25, 0.3) is 5.56 Å². The lowest BCUT2D eigenvalue weighted by Crippen LogP contribution is -2.21. The van der Waals surface area contributed by atoms with Crippen LogP contribution in [0.2, 0.25) is 0 Å². The lowest BCUT2D eigenvalue weighted by Gasteiger charge is -2.15. The van der Waals surface area contributed by atoms with Crippen molar-refractivity contribution in [1.29, 1.82) is 0 Å². The van der Waals surface area contributed by atoms with E-state index in [1.54, 1.807) is 30.1 Å². The van der Waals surface area contributed by atoms with E-state index in [1.807, 2.05) is 39.0 Å². The number of nitrogens with zero attached hydrogens (tertiary/aromatic N) is 4. The highest BCUT2D eigenvalue weighted by atomic mass is 16.5. The summed E-state index contributed by atoms with van der Waals surface area (Å²) < 4.78 is 13.1. The Morgan fingerprint density at radius 2 is 1.93 bits per heavy atom. The van der Waals surface area contributed by atoms with Gasteiger partial charge in [-0.1, -0.05) is 0 Å². The van der Waals surface area contributed by atoms with Crippen molar-refractivity contribution in [2.24, 2.45) is 5.92 Å². The summed E-state index contributed by atoms with van der Waals surface area (Å²) in [5, 5.41) is 0. The van der Waals surface area contributed by atoms with Gasteiger partial charge in [-0.3, -0.25) is 9.78 Å². The van der Waals surface area contributed by atoms with Gasteiger partial charge in [0.1, 0.15) is 11.6 Å². The van der Waals surface area contributed by atoms with Crippen LogP contribution in [0.1, 0.15) is 36.5 Å². The molecule has 3 aromatic rings. The fourth-order valence-electron chi connectivity index (χ4n) is 3.81. The zero-order valence-electron chi connectivity index (χ0n) is 17.8. The Morgan fingerprint density at radius 3 is 2.63 bits per heavy atom. The number of rotatable bonds is 7. The Hall–Kier alpha value is -3.22. The number of aryl methyl sites for hydroxylation is 1. The van der Waals surface area contributed by atoms with Crippen LogP contribution < -0.4 is 15.0 Å². The molecule has 1 aliphatic rings. The van der Waals surface area contributed by atoms with Crippen molar-refractivity contribution in [2.75, 3.05) is 13.7 Å². The van der Waals surface area contributed by atoms with Crippen LogP contribution in [0, 0.1) is 19.8 Å². The molecule has 0 aliphatic heterocycles. The second kappa shape index (κ2) is 8.26. The van der Waals surface area contributed by atoms with E-state index in [-0.39, 0.29) is 5.56 Å². The second-order valence-corrected chi connectivity index (χ2v) is 7.59. The molecule has 3 aromatic heterocycles. The van der Waals surface area contributed by atoms with Gasteiger partial charge < -0.3 is 14.0 Å². The predicted octanol–water partition coefficient (Wildman–Crippen LogP) is 3.53. The quantitative estimate of drug-likeness (QED) is 0.597. The lowest BCUT2D eigenvalue weighted by atomic mass is 10.1. The molecule has 0 saturated heterocycles. The molecule has 0 bridgehead atoms. The molecule has 30 heavy (non-hydrogen) atoms. The van der Waals surface area contributed by atoms with Crippen LogP contribution in [0.25, 0.3) is 11.1 Å². The van der Waals surface area contributed by atoms with E-state index in [0.29, 0.717) is 36.7 Å². The van der Waals surface area contributed by atoms with Gasteiger partial charge in [0.2, 0.25) is 5.88 Å². The van der Waals surface area contributed by atoms with Crippen molar-refractivity contribution in [3.63, 3.8) is 0 Å². The molecule has 0 N–H and O–H groups in total. The standard InChI is InChI=1S/C23H26N4O3/c1-5-27-14(2)18(7-9-22(27)28)20-12-24-15(3)26-23(20)30-13-16-10-19(16)21-8-6-17(29-4)11-25-21/h6-9,11-12,16,19H,5,10,13H2,1-4H3/t16-,19+/m1/s1. The van der Waals surface area contributed by atoms with Crippen molar-refractivity contribution in [1.82, 2.24) is 19.5 Å². The van der Waals surface area contributed by atoms with Gasteiger partial charge in [0, 0.05) is 47.6 Å². The molecule has 1 saturated carbocycles. The van der Waals surface area contributed by atoms with Crippen molar-refractivity contribution >= 4 is 0 Å². The second-order valence-electron chi connectivity index (χ2n) is 7.59. The van der Waals surface area contributed by atoms with E-state index < -0.39 is 0 Å². The summed E-state index contributed by atoms with van der Waals surface area (Å²) in [6, 6.07) is 7.37. The molecule has 2 atom stereocenters. The van der Waals surface area contributed by atoms with Crippen LogP contribution in [-0.2, 0) is 6.54 Å². The summed E-state index contributed by atoms with van der Waals surface area (Å²) in [5.41, 5.74) is 3.65. The first-order valence-electron chi connectivity index (χ1n) is 10.2. The van der Waals surface area contributed by atoms with Gasteiger partial charge in [-0.2, -0.15) is 4.98 Å². The highest BCUT2D eigenvalue weighted by Crippen LogP contribution is 2.47. The van der Waals surface area contributed by atoms with Crippen LogP contribution in [0.4, 0.5) is 0 Å². The molecule has 3 heterocycles. The van der Waals surface area contributed by atoms with Gasteiger partial charge in [-0.15, -0.1) is 0 Å². The first kappa shape index (κ1) is 20.1. The number of ether oxygens (including phenoxy) is 2. The molecule has 0 unspecified atom stereocenters. The van der Waals surface area contributed by atoms with Gasteiger partial charge in [-0.05, 0) is 45.4 Å². The minimum Gasteiger partial charge on any atom is -0.495 e. The van der Waals surface area contributed by atoms with Gasteiger partial charge in [0.15, 0.2) is 0 Å². The van der Waals surface area contributed by atoms with E-state index in [9.17, 15) is 4.79 Å². The average molecular weight is 406 g/mol. The Bertz CT molecular complexity index is 1110. The van der Waals surface area contributed by atoms with E-state index >= 15 is 0 Å². The average Bonchev–Trinajstić information content (AvgIpc) is 3.53. The van der Waals surface area contributed by atoms with Gasteiger partial charge >= 0.3 is 0 Å². The minimum atomic E-state index is -0.0120. The number of aromatic nitrogens is 4. The van der Waals surface area contributed by atoms with Crippen molar-refractivity contribution in [3.8, 4) is 22.8 Å². The van der Waals surface area contributed by atoms with E-state index in [0.717, 1.165) is 34.7 Å². The first-order valence-corrected chi connectivity index (χ1v) is 10.2. The van der Waals surface area contributed by atoms with Crippen molar-refractivity contribution in [2.45, 2.75) is 39.7 Å². The number of hydrogen-bond donors (Lipinski definition) is 0. The molecule has 0 radical (unpaired) electrons. The van der Waals surface area contributed by atoms with Gasteiger partial charge in [-0.25, -0.2) is 4.98 Å². The molecular weight excluding hydrogens is 380 g/mol. The van der Waals surface area contributed by atoms with E-state index in [1.165, 1.54) is 0 Å². The number of pyridine rings is 2. The Morgan fingerprint density at radius 1 is 1.10 bits per heavy atom. The Balaban J connectivity index is 1.53. The molecule has 1 aliphatic carbocycles. The number of hydrogen-bond acceptors (Lipinski definition) is 6. The third kappa shape index (κ3) is 3.92. The monoisotopic (exact) mass is 406 g/mol. The van der Waals surface area contributed by atoms with Gasteiger partial charge in [0.05, 0.1) is 25.5 Å². The molecule has 4 rings (SSSR count). The highest BCUT2D eigenvalue weighted by molar-refractivity contribution is 5.69. The molecule has 0 spiro atoms. The summed E-state index contributed by atoms with van der Waals surface area (Å²) in [5.74, 6) is 2.77. The Kier molecular flexibility index (Phi) is 5.53. The summed E-state index contributed by atoms with van der Waals surface area (Å²) in [6.07, 6.45) is 4.57. The van der Waals surface area contributed by atoms with E-state index in [2.05, 4.69) is 15.0 Å². The zero-order valence-corrected chi connectivity index (χ0v) is 17.8. The molecule has 0 aromatic carbocycles. The first-order chi connectivity index (χ1) is 14.5. The maximum atomic E-state index is 12.1. The third-order valence-electron chi connectivity index (χ3n) is 5.67. The molecular formula is C23H26N4O3. The van der Waals surface area contributed by atoms with Crippen molar-refractivity contribution in [3.05, 3.63) is 64.2 Å². The molecule has 156 valence electrons. The van der Waals surface area contributed by atoms with Crippen LogP contribution in [-0.4, -0.2) is 33.2 Å². The molecule has 7 nitrogen and oxygen atoms in total. The normalized spacial score (nSPS) is 17.6. The topological polar surface area (TPSA) is 79.1 Å². The SMILES string of the molecule is CCn1c(C)c(-c2cnc(C)nc2OC[C@H]2C[C@@H]2c2ccc(OC)cn2)ccc1=O.